The molecule has 174 valence electrons. The van der Waals surface area contributed by atoms with Crippen LogP contribution in [0.4, 0.5) is 5.69 Å². The molecular formula is C22H27NO9. The molecular weight excluding hydrogens is 422 g/mol. The normalized spacial score (nSPS) is 21.6. The number of ether oxygens (including phenoxy) is 6. The molecule has 0 bridgehead atoms. The highest BCUT2D eigenvalue weighted by molar-refractivity contribution is 6.15. The first-order chi connectivity index (χ1) is 15.1. The van der Waals surface area contributed by atoms with Crippen molar-refractivity contribution in [3.63, 3.8) is 0 Å². The first-order valence-corrected chi connectivity index (χ1v) is 10.0. The number of fused-ring (bicyclic) bond motifs is 1. The zero-order valence-electron chi connectivity index (χ0n) is 18.9. The quantitative estimate of drug-likeness (QED) is 0.394. The van der Waals surface area contributed by atoms with Crippen LogP contribution in [0, 0.1) is 0 Å². The van der Waals surface area contributed by atoms with Crippen molar-refractivity contribution in [3.8, 4) is 11.5 Å². The molecule has 0 radical (unpaired) electrons. The zero-order chi connectivity index (χ0) is 23.6. The van der Waals surface area contributed by atoms with E-state index in [1.54, 1.807) is 6.07 Å². The Morgan fingerprint density at radius 2 is 1.84 bits per heavy atom. The summed E-state index contributed by atoms with van der Waals surface area (Å²) in [5, 5.41) is 2.93. The third kappa shape index (κ3) is 4.64. The Labute approximate surface area is 185 Å². The Kier molecular flexibility index (Phi) is 6.63. The first kappa shape index (κ1) is 23.4. The molecule has 2 atom stereocenters. The molecule has 1 aromatic rings. The van der Waals surface area contributed by atoms with Gasteiger partial charge in [-0.2, -0.15) is 0 Å². The van der Waals surface area contributed by atoms with Gasteiger partial charge in [-0.3, -0.25) is 4.79 Å². The molecule has 0 unspecified atom stereocenters. The monoisotopic (exact) mass is 449 g/mol. The molecule has 32 heavy (non-hydrogen) atoms. The summed E-state index contributed by atoms with van der Waals surface area (Å²) in [5.41, 5.74) is 1.74. The number of hydrogen-bond donors (Lipinski definition) is 1. The number of nitrogens with one attached hydrogen (secondary N) is 1. The van der Waals surface area contributed by atoms with E-state index in [4.69, 9.17) is 28.4 Å². The highest BCUT2D eigenvalue weighted by atomic mass is 16.7. The van der Waals surface area contributed by atoms with Crippen LogP contribution < -0.4 is 14.8 Å². The van der Waals surface area contributed by atoms with Gasteiger partial charge in [0.15, 0.2) is 5.57 Å². The van der Waals surface area contributed by atoms with Gasteiger partial charge in [0.05, 0.1) is 45.6 Å². The molecule has 1 saturated heterocycles. The number of hydrogen-bond acceptors (Lipinski definition) is 10. The van der Waals surface area contributed by atoms with E-state index in [0.717, 1.165) is 11.1 Å². The van der Waals surface area contributed by atoms with E-state index in [9.17, 15) is 14.4 Å². The van der Waals surface area contributed by atoms with Gasteiger partial charge in [-0.15, -0.1) is 0 Å². The molecule has 10 nitrogen and oxygen atoms in total. The summed E-state index contributed by atoms with van der Waals surface area (Å²) in [7, 11) is 4.35. The second kappa shape index (κ2) is 9.07. The van der Waals surface area contributed by atoms with Crippen LogP contribution in [0.1, 0.15) is 44.4 Å². The Morgan fingerprint density at radius 1 is 1.19 bits per heavy atom. The maximum atomic E-state index is 12.2. The summed E-state index contributed by atoms with van der Waals surface area (Å²) in [5.74, 6) is -2.32. The van der Waals surface area contributed by atoms with Crippen molar-refractivity contribution < 1.29 is 42.8 Å². The molecule has 0 aromatic heterocycles. The third-order valence-corrected chi connectivity index (χ3v) is 5.15. The Hall–Kier alpha value is -3.27. The molecule has 1 fully saturated rings. The summed E-state index contributed by atoms with van der Waals surface area (Å²) in [4.78, 5) is 36.2. The highest BCUT2D eigenvalue weighted by Gasteiger charge is 2.39. The van der Waals surface area contributed by atoms with E-state index in [1.807, 2.05) is 6.92 Å². The third-order valence-electron chi connectivity index (χ3n) is 5.15. The second-order valence-electron chi connectivity index (χ2n) is 7.82. The Bertz CT molecular complexity index is 945. The van der Waals surface area contributed by atoms with Crippen LogP contribution in [-0.2, 0) is 39.8 Å². The van der Waals surface area contributed by atoms with Gasteiger partial charge in [-0.1, -0.05) is 0 Å². The Balaban J connectivity index is 1.98. The molecule has 1 aromatic carbocycles. The number of rotatable bonds is 6. The number of benzene rings is 1. The van der Waals surface area contributed by atoms with Gasteiger partial charge in [0, 0.05) is 43.7 Å². The molecule has 1 N–H and O–H groups in total. The van der Waals surface area contributed by atoms with Crippen molar-refractivity contribution in [1.29, 1.82) is 0 Å². The average molecular weight is 449 g/mol. The van der Waals surface area contributed by atoms with Crippen LogP contribution in [0.25, 0.3) is 0 Å². The lowest BCUT2D eigenvalue weighted by Gasteiger charge is -2.33. The van der Waals surface area contributed by atoms with Gasteiger partial charge in [-0.05, 0) is 6.92 Å². The van der Waals surface area contributed by atoms with Gasteiger partial charge in [0.2, 0.25) is 0 Å². The largest absolute Gasteiger partial charge is 0.496 e. The fraction of sp³-hybridized carbons (Fsp3) is 0.500. The predicted octanol–water partition coefficient (Wildman–Crippen LogP) is 2.40. The first-order valence-electron chi connectivity index (χ1n) is 10.0. The molecule has 3 rings (SSSR count). The summed E-state index contributed by atoms with van der Waals surface area (Å²) < 4.78 is 32.1. The van der Waals surface area contributed by atoms with Crippen LogP contribution in [0.5, 0.6) is 11.5 Å². The van der Waals surface area contributed by atoms with Crippen molar-refractivity contribution in [2.24, 2.45) is 0 Å². The molecule has 2 aliphatic heterocycles. The number of anilines is 1. The summed E-state index contributed by atoms with van der Waals surface area (Å²) in [6, 6.07) is 1.68. The smallest absolute Gasteiger partial charge is 0.350 e. The fourth-order valence-electron chi connectivity index (χ4n) is 3.82. The van der Waals surface area contributed by atoms with Crippen molar-refractivity contribution in [3.05, 3.63) is 29.0 Å². The molecule has 0 spiro atoms. The number of methoxy groups -OCH3 is 3. The van der Waals surface area contributed by atoms with Gasteiger partial charge in [-0.25, -0.2) is 9.59 Å². The molecule has 10 heteroatoms. The van der Waals surface area contributed by atoms with Crippen molar-refractivity contribution in [2.45, 2.75) is 51.6 Å². The van der Waals surface area contributed by atoms with E-state index >= 15 is 0 Å². The topological polar surface area (TPSA) is 119 Å². The maximum absolute atomic E-state index is 12.2. The van der Waals surface area contributed by atoms with E-state index < -0.39 is 23.8 Å². The highest BCUT2D eigenvalue weighted by Crippen LogP contribution is 2.46. The summed E-state index contributed by atoms with van der Waals surface area (Å²) >= 11 is 0. The minimum atomic E-state index is -1.33. The lowest BCUT2D eigenvalue weighted by molar-refractivity contribution is -0.222. The number of carbonyl (C=O) groups is 3. The predicted molar refractivity (Wildman–Crippen MR) is 111 cm³/mol. The van der Waals surface area contributed by atoms with Crippen LogP contribution in [0.15, 0.2) is 17.8 Å². The van der Waals surface area contributed by atoms with Crippen molar-refractivity contribution >= 4 is 23.6 Å². The van der Waals surface area contributed by atoms with E-state index in [2.05, 4.69) is 5.32 Å². The van der Waals surface area contributed by atoms with Crippen molar-refractivity contribution in [1.82, 2.24) is 0 Å². The minimum Gasteiger partial charge on any atom is -0.496 e. The molecule has 2 heterocycles. The minimum absolute atomic E-state index is 0.0842. The standard InChI is InChI=1S/C22H27NO9/c1-11-18-13(7-12(30-11)8-17(24)28-5)19(29-6)15(9-16(18)27-4)23-10-14-20(25)31-22(2,3)32-21(14)26/h9-12,23H,7-8H2,1-6H3/t11-,12-/m1/s1. The fourth-order valence-corrected chi connectivity index (χ4v) is 3.82. The average Bonchev–Trinajstić information content (AvgIpc) is 2.71. The van der Waals surface area contributed by atoms with Gasteiger partial charge in [0.1, 0.15) is 11.5 Å². The zero-order valence-corrected chi connectivity index (χ0v) is 18.9. The molecule has 0 saturated carbocycles. The SMILES string of the molecule is COC(=O)C[C@H]1Cc2c(OC)c(NC=C3C(=O)OC(C)(C)OC3=O)cc(OC)c2[C@@H](C)O1. The number of carbonyl (C=O) groups excluding carboxylic acids is 3. The molecule has 0 aliphatic carbocycles. The van der Waals surface area contributed by atoms with Crippen molar-refractivity contribution in [2.75, 3.05) is 26.6 Å². The number of esters is 3. The van der Waals surface area contributed by atoms with E-state index in [-0.39, 0.29) is 24.1 Å². The van der Waals surface area contributed by atoms with Crippen LogP contribution in [-0.4, -0.2) is 51.1 Å². The van der Waals surface area contributed by atoms with Gasteiger partial charge < -0.3 is 33.7 Å². The van der Waals surface area contributed by atoms with Gasteiger partial charge in [0.25, 0.3) is 5.79 Å². The Morgan fingerprint density at radius 3 is 2.41 bits per heavy atom. The molecule has 0 amide bonds. The number of cyclic esters (lactones) is 2. The maximum Gasteiger partial charge on any atom is 0.350 e. The van der Waals surface area contributed by atoms with E-state index in [0.29, 0.717) is 23.6 Å². The van der Waals surface area contributed by atoms with E-state index in [1.165, 1.54) is 41.4 Å². The van der Waals surface area contributed by atoms with Crippen LogP contribution >= 0.6 is 0 Å². The van der Waals surface area contributed by atoms with Gasteiger partial charge >= 0.3 is 17.9 Å². The summed E-state index contributed by atoms with van der Waals surface area (Å²) in [6.07, 6.45) is 0.885. The van der Waals surface area contributed by atoms with Crippen LogP contribution in [0.2, 0.25) is 0 Å². The second-order valence-corrected chi connectivity index (χ2v) is 7.82. The lowest BCUT2D eigenvalue weighted by atomic mass is 9.91. The lowest BCUT2D eigenvalue weighted by Crippen LogP contribution is -2.42. The summed E-state index contributed by atoms with van der Waals surface area (Å²) in [6.45, 7) is 4.80. The molecule has 2 aliphatic rings. The van der Waals surface area contributed by atoms with Crippen LogP contribution in [0.3, 0.4) is 0 Å².